The van der Waals surface area contributed by atoms with Crippen molar-refractivity contribution < 1.29 is 19.1 Å². The van der Waals surface area contributed by atoms with Gasteiger partial charge in [-0.25, -0.2) is 4.79 Å². The Morgan fingerprint density at radius 1 is 1.24 bits per heavy atom. The quantitative estimate of drug-likeness (QED) is 0.482. The lowest BCUT2D eigenvalue weighted by atomic mass is 10.1. The molecule has 17 heavy (non-hydrogen) atoms. The second kappa shape index (κ2) is 5.89. The molecule has 0 spiro atoms. The summed E-state index contributed by atoms with van der Waals surface area (Å²) >= 11 is 11.6. The molecule has 92 valence electrons. The van der Waals surface area contributed by atoms with Gasteiger partial charge in [0.05, 0.1) is 29.3 Å². The number of ether oxygens (including phenoxy) is 2. The van der Waals surface area contributed by atoms with Crippen LogP contribution >= 0.6 is 23.2 Å². The summed E-state index contributed by atoms with van der Waals surface area (Å²) in [5, 5.41) is 0.340. The summed E-state index contributed by atoms with van der Waals surface area (Å²) < 4.78 is 9.53. The van der Waals surface area contributed by atoms with Crippen LogP contribution in [0.3, 0.4) is 0 Å². The van der Waals surface area contributed by atoms with Crippen molar-refractivity contribution in [1.29, 1.82) is 0 Å². The van der Waals surface area contributed by atoms with E-state index in [4.69, 9.17) is 27.9 Å². The van der Waals surface area contributed by atoms with E-state index in [0.29, 0.717) is 0 Å². The molecule has 1 aromatic rings. The highest BCUT2D eigenvalue weighted by atomic mass is 35.5. The molecule has 0 heterocycles. The van der Waals surface area contributed by atoms with Gasteiger partial charge in [0.15, 0.2) is 0 Å². The van der Waals surface area contributed by atoms with E-state index in [0.717, 1.165) is 0 Å². The molecule has 0 atom stereocenters. The molecule has 1 aromatic carbocycles. The number of esters is 1. The number of hydrogen-bond acceptors (Lipinski definition) is 4. The van der Waals surface area contributed by atoms with Crippen LogP contribution in [-0.2, 0) is 9.53 Å². The van der Waals surface area contributed by atoms with Crippen LogP contribution in [0.1, 0.15) is 17.3 Å². The summed E-state index contributed by atoms with van der Waals surface area (Å²) in [5.41, 5.74) is 0.00590. The van der Waals surface area contributed by atoms with Crippen LogP contribution in [0.5, 0.6) is 5.75 Å². The van der Waals surface area contributed by atoms with Crippen molar-refractivity contribution in [3.05, 3.63) is 27.7 Å². The van der Waals surface area contributed by atoms with Gasteiger partial charge >= 0.3 is 5.97 Å². The average molecular weight is 277 g/mol. The summed E-state index contributed by atoms with van der Waals surface area (Å²) in [5.74, 6) is -1.52. The lowest BCUT2D eigenvalue weighted by Crippen LogP contribution is -2.18. The highest BCUT2D eigenvalue weighted by Crippen LogP contribution is 2.31. The van der Waals surface area contributed by atoms with Gasteiger partial charge in [-0.1, -0.05) is 23.2 Å². The van der Waals surface area contributed by atoms with Gasteiger partial charge in [-0.15, -0.1) is 0 Å². The summed E-state index contributed by atoms with van der Waals surface area (Å²) in [7, 11) is 1.40. The molecule has 0 radical (unpaired) electrons. The van der Waals surface area contributed by atoms with Crippen LogP contribution in [0, 0.1) is 0 Å². The zero-order valence-corrected chi connectivity index (χ0v) is 10.8. The highest BCUT2D eigenvalue weighted by molar-refractivity contribution is 6.46. The van der Waals surface area contributed by atoms with E-state index in [1.165, 1.54) is 19.2 Å². The Kier molecular flexibility index (Phi) is 4.78. The Morgan fingerprint density at radius 2 is 1.88 bits per heavy atom. The largest absolute Gasteiger partial charge is 0.495 e. The molecular weight excluding hydrogens is 267 g/mol. The SMILES string of the molecule is CCOC(=O)C(=O)c1cc(OC)c(Cl)cc1Cl. The Morgan fingerprint density at radius 3 is 2.41 bits per heavy atom. The molecule has 0 N–H and O–H groups in total. The zero-order chi connectivity index (χ0) is 13.0. The smallest absolute Gasteiger partial charge is 0.379 e. The molecule has 4 nitrogen and oxygen atoms in total. The molecule has 6 heteroatoms. The van der Waals surface area contributed by atoms with Crippen LogP contribution in [-0.4, -0.2) is 25.5 Å². The lowest BCUT2D eigenvalue weighted by Gasteiger charge is -2.07. The van der Waals surface area contributed by atoms with Gasteiger partial charge in [-0.3, -0.25) is 4.79 Å². The average Bonchev–Trinajstić information content (AvgIpc) is 2.29. The van der Waals surface area contributed by atoms with Crippen molar-refractivity contribution in [1.82, 2.24) is 0 Å². The number of hydrogen-bond donors (Lipinski definition) is 0. The van der Waals surface area contributed by atoms with Crippen molar-refractivity contribution >= 4 is 35.0 Å². The minimum Gasteiger partial charge on any atom is -0.495 e. The van der Waals surface area contributed by atoms with Gasteiger partial charge in [-0.2, -0.15) is 0 Å². The summed E-state index contributed by atoms with van der Waals surface area (Å²) in [6.45, 7) is 1.72. The normalized spacial score (nSPS) is 9.88. The third-order valence-electron chi connectivity index (χ3n) is 1.95. The van der Waals surface area contributed by atoms with Crippen molar-refractivity contribution in [2.75, 3.05) is 13.7 Å². The number of carbonyl (C=O) groups excluding carboxylic acids is 2. The number of Topliss-reactive ketones (excluding diaryl/α,β-unsaturated/α-hetero) is 1. The summed E-state index contributed by atoms with van der Waals surface area (Å²) in [6, 6.07) is 2.65. The molecule has 0 fully saturated rings. The first-order valence-corrected chi connectivity index (χ1v) is 5.51. The predicted octanol–water partition coefficient (Wildman–Crippen LogP) is 2.75. The number of ketones is 1. The van der Waals surface area contributed by atoms with E-state index in [1.54, 1.807) is 6.92 Å². The van der Waals surface area contributed by atoms with Crippen molar-refractivity contribution in [3.63, 3.8) is 0 Å². The van der Waals surface area contributed by atoms with E-state index < -0.39 is 11.8 Å². The molecular formula is C11H10Cl2O4. The number of rotatable bonds is 4. The molecule has 0 amide bonds. The van der Waals surface area contributed by atoms with Gasteiger partial charge < -0.3 is 9.47 Å². The number of carbonyl (C=O) groups is 2. The minimum atomic E-state index is -0.959. The molecule has 0 saturated heterocycles. The Hall–Kier alpha value is -1.26. The maximum absolute atomic E-state index is 11.7. The molecule has 0 aliphatic carbocycles. The van der Waals surface area contributed by atoms with Gasteiger partial charge in [-0.05, 0) is 19.1 Å². The third kappa shape index (κ3) is 3.11. The molecule has 1 rings (SSSR count). The van der Waals surface area contributed by atoms with E-state index in [1.807, 2.05) is 0 Å². The third-order valence-corrected chi connectivity index (χ3v) is 2.56. The first-order valence-electron chi connectivity index (χ1n) is 4.75. The Bertz CT molecular complexity index is 457. The standard InChI is InChI=1S/C11H10Cl2O4/c1-3-17-11(15)10(14)6-4-9(16-2)8(13)5-7(6)12/h4-5H,3H2,1-2H3. The van der Waals surface area contributed by atoms with Crippen LogP contribution in [0.2, 0.25) is 10.0 Å². The van der Waals surface area contributed by atoms with E-state index >= 15 is 0 Å². The number of benzene rings is 1. The second-order valence-corrected chi connectivity index (χ2v) is 3.83. The molecule has 0 aromatic heterocycles. The van der Waals surface area contributed by atoms with Crippen molar-refractivity contribution in [2.45, 2.75) is 6.92 Å². The van der Waals surface area contributed by atoms with E-state index in [2.05, 4.69) is 4.74 Å². The monoisotopic (exact) mass is 276 g/mol. The fraction of sp³-hybridized carbons (Fsp3) is 0.273. The van der Waals surface area contributed by atoms with Gasteiger partial charge in [0, 0.05) is 0 Å². The molecule has 0 aliphatic rings. The molecule has 0 unspecified atom stereocenters. The fourth-order valence-electron chi connectivity index (χ4n) is 1.17. The highest BCUT2D eigenvalue weighted by Gasteiger charge is 2.22. The first-order chi connectivity index (χ1) is 8.01. The maximum Gasteiger partial charge on any atom is 0.379 e. The Labute approximate surface area is 108 Å². The van der Waals surface area contributed by atoms with Crippen LogP contribution < -0.4 is 4.74 Å². The van der Waals surface area contributed by atoms with Crippen molar-refractivity contribution in [2.24, 2.45) is 0 Å². The summed E-state index contributed by atoms with van der Waals surface area (Å²) in [6.07, 6.45) is 0. The number of halogens is 2. The lowest BCUT2D eigenvalue weighted by molar-refractivity contribution is -0.137. The molecule has 0 saturated carbocycles. The van der Waals surface area contributed by atoms with Crippen LogP contribution in [0.25, 0.3) is 0 Å². The van der Waals surface area contributed by atoms with Gasteiger partial charge in [0.25, 0.3) is 5.78 Å². The van der Waals surface area contributed by atoms with Crippen LogP contribution in [0.15, 0.2) is 12.1 Å². The van der Waals surface area contributed by atoms with E-state index in [-0.39, 0.29) is 28.0 Å². The first kappa shape index (κ1) is 13.8. The second-order valence-electron chi connectivity index (χ2n) is 3.02. The van der Waals surface area contributed by atoms with Gasteiger partial charge in [0.2, 0.25) is 0 Å². The van der Waals surface area contributed by atoms with Crippen LogP contribution in [0.4, 0.5) is 0 Å². The molecule has 0 bridgehead atoms. The number of methoxy groups -OCH3 is 1. The fourth-order valence-corrected chi connectivity index (χ4v) is 1.71. The topological polar surface area (TPSA) is 52.6 Å². The zero-order valence-electron chi connectivity index (χ0n) is 9.25. The minimum absolute atomic E-state index is 0.00590. The molecule has 0 aliphatic heterocycles. The van der Waals surface area contributed by atoms with Gasteiger partial charge in [0.1, 0.15) is 5.75 Å². The van der Waals surface area contributed by atoms with E-state index in [9.17, 15) is 9.59 Å². The van der Waals surface area contributed by atoms with Crippen molar-refractivity contribution in [3.8, 4) is 5.75 Å². The summed E-state index contributed by atoms with van der Waals surface area (Å²) in [4.78, 5) is 23.0. The Balaban J connectivity index is 3.13. The predicted molar refractivity (Wildman–Crippen MR) is 64.0 cm³/mol. The maximum atomic E-state index is 11.7.